The number of amides is 2. The Balaban J connectivity index is 1.55. The molecule has 0 radical (unpaired) electrons. The summed E-state index contributed by atoms with van der Waals surface area (Å²) in [6, 6.07) is 11.4. The Labute approximate surface area is 184 Å². The standard InChI is InChI=1S/C24H25BrN2O3/c1-14-12-17(24(29)27-11-5-4-6-15(27)2)7-9-20(14)26-23(28)22-16(3)19-13-18(25)8-10-21(19)30-22/h7-10,12-13,15H,4-6,11H2,1-3H3,(H,26,28). The molecule has 1 saturated heterocycles. The topological polar surface area (TPSA) is 62.6 Å². The third-order valence-electron chi connectivity index (χ3n) is 5.89. The van der Waals surface area contributed by atoms with E-state index >= 15 is 0 Å². The van der Waals surface area contributed by atoms with Crippen molar-refractivity contribution in [2.24, 2.45) is 0 Å². The molecule has 6 heteroatoms. The van der Waals surface area contributed by atoms with Gasteiger partial charge in [0.25, 0.3) is 11.8 Å². The van der Waals surface area contributed by atoms with Crippen molar-refractivity contribution in [3.8, 4) is 0 Å². The van der Waals surface area contributed by atoms with Gasteiger partial charge in [-0.25, -0.2) is 0 Å². The molecule has 3 aromatic rings. The van der Waals surface area contributed by atoms with E-state index in [1.54, 1.807) is 12.1 Å². The SMILES string of the molecule is Cc1cc(C(=O)N2CCCCC2C)ccc1NC(=O)c1oc2ccc(Br)cc2c1C. The molecule has 2 amide bonds. The van der Waals surface area contributed by atoms with Gasteiger partial charge in [0, 0.05) is 39.3 Å². The van der Waals surface area contributed by atoms with Crippen molar-refractivity contribution in [2.45, 2.75) is 46.1 Å². The number of hydrogen-bond donors (Lipinski definition) is 1. The highest BCUT2D eigenvalue weighted by molar-refractivity contribution is 9.10. The number of aryl methyl sites for hydroxylation is 2. The van der Waals surface area contributed by atoms with Crippen molar-refractivity contribution in [3.05, 3.63) is 63.3 Å². The average Bonchev–Trinajstić information content (AvgIpc) is 3.05. The van der Waals surface area contributed by atoms with Gasteiger partial charge >= 0.3 is 0 Å². The van der Waals surface area contributed by atoms with Gasteiger partial charge in [0.2, 0.25) is 0 Å². The number of fused-ring (bicyclic) bond motifs is 1. The molecule has 1 aliphatic rings. The van der Waals surface area contributed by atoms with Gasteiger partial charge in [-0.15, -0.1) is 0 Å². The summed E-state index contributed by atoms with van der Waals surface area (Å²) >= 11 is 3.45. The molecule has 1 fully saturated rings. The molecule has 1 aromatic heterocycles. The highest BCUT2D eigenvalue weighted by Gasteiger charge is 2.25. The quantitative estimate of drug-likeness (QED) is 0.506. The first kappa shape index (κ1) is 20.7. The monoisotopic (exact) mass is 468 g/mol. The summed E-state index contributed by atoms with van der Waals surface area (Å²) < 4.78 is 6.72. The maximum Gasteiger partial charge on any atom is 0.291 e. The molecule has 156 valence electrons. The molecule has 4 rings (SSSR count). The van der Waals surface area contributed by atoms with E-state index in [2.05, 4.69) is 28.2 Å². The zero-order valence-electron chi connectivity index (χ0n) is 17.4. The molecule has 0 bridgehead atoms. The van der Waals surface area contributed by atoms with Gasteiger partial charge in [-0.05, 0) is 82.0 Å². The van der Waals surface area contributed by atoms with E-state index in [-0.39, 0.29) is 17.9 Å². The lowest BCUT2D eigenvalue weighted by Crippen LogP contribution is -2.42. The molecule has 2 heterocycles. The van der Waals surface area contributed by atoms with Crippen LogP contribution in [-0.4, -0.2) is 29.3 Å². The van der Waals surface area contributed by atoms with Crippen LogP contribution in [0.4, 0.5) is 5.69 Å². The van der Waals surface area contributed by atoms with E-state index < -0.39 is 0 Å². The van der Waals surface area contributed by atoms with E-state index in [0.717, 1.165) is 40.4 Å². The lowest BCUT2D eigenvalue weighted by Gasteiger charge is -2.33. The predicted molar refractivity (Wildman–Crippen MR) is 122 cm³/mol. The first-order valence-electron chi connectivity index (χ1n) is 10.3. The zero-order valence-corrected chi connectivity index (χ0v) is 19.0. The number of likely N-dealkylation sites (tertiary alicyclic amines) is 1. The molecule has 2 aromatic carbocycles. The first-order valence-corrected chi connectivity index (χ1v) is 11.1. The van der Waals surface area contributed by atoms with Crippen molar-refractivity contribution in [1.29, 1.82) is 0 Å². The molecular weight excluding hydrogens is 444 g/mol. The number of carbonyl (C=O) groups is 2. The second kappa shape index (κ2) is 8.26. The van der Waals surface area contributed by atoms with Crippen LogP contribution in [0.5, 0.6) is 0 Å². The van der Waals surface area contributed by atoms with Gasteiger partial charge in [-0.1, -0.05) is 15.9 Å². The lowest BCUT2D eigenvalue weighted by molar-refractivity contribution is 0.0635. The summed E-state index contributed by atoms with van der Waals surface area (Å²) in [7, 11) is 0. The number of benzene rings is 2. The second-order valence-electron chi connectivity index (χ2n) is 8.02. The van der Waals surface area contributed by atoms with E-state index in [1.165, 1.54) is 6.42 Å². The Hall–Kier alpha value is -2.60. The van der Waals surface area contributed by atoms with Crippen LogP contribution in [0, 0.1) is 13.8 Å². The zero-order chi connectivity index (χ0) is 21.4. The van der Waals surface area contributed by atoms with Crippen LogP contribution in [0.2, 0.25) is 0 Å². The number of furan rings is 1. The molecule has 1 N–H and O–H groups in total. The molecular formula is C24H25BrN2O3. The van der Waals surface area contributed by atoms with E-state index in [9.17, 15) is 9.59 Å². The average molecular weight is 469 g/mol. The fourth-order valence-electron chi connectivity index (χ4n) is 4.09. The summed E-state index contributed by atoms with van der Waals surface area (Å²) in [6.07, 6.45) is 3.27. The maximum atomic E-state index is 12.9. The second-order valence-corrected chi connectivity index (χ2v) is 8.94. The molecule has 0 saturated carbocycles. The number of rotatable bonds is 3. The molecule has 30 heavy (non-hydrogen) atoms. The highest BCUT2D eigenvalue weighted by Crippen LogP contribution is 2.29. The van der Waals surface area contributed by atoms with Crippen LogP contribution in [0.15, 0.2) is 45.3 Å². The Morgan fingerprint density at radius 2 is 1.93 bits per heavy atom. The Morgan fingerprint density at radius 1 is 1.13 bits per heavy atom. The van der Waals surface area contributed by atoms with Crippen molar-refractivity contribution < 1.29 is 14.0 Å². The number of carbonyl (C=O) groups excluding carboxylic acids is 2. The van der Waals surface area contributed by atoms with E-state index in [4.69, 9.17) is 4.42 Å². The highest BCUT2D eigenvalue weighted by atomic mass is 79.9. The van der Waals surface area contributed by atoms with Crippen LogP contribution in [0.3, 0.4) is 0 Å². The molecule has 0 spiro atoms. The fraction of sp³-hybridized carbons (Fsp3) is 0.333. The van der Waals surface area contributed by atoms with Gasteiger partial charge in [0.1, 0.15) is 5.58 Å². The third kappa shape index (κ3) is 3.88. The summed E-state index contributed by atoms with van der Waals surface area (Å²) in [5, 5.41) is 3.83. The number of hydrogen-bond acceptors (Lipinski definition) is 3. The summed E-state index contributed by atoms with van der Waals surface area (Å²) in [6.45, 7) is 6.68. The van der Waals surface area contributed by atoms with Gasteiger partial charge in [0.15, 0.2) is 5.76 Å². The fourth-order valence-corrected chi connectivity index (χ4v) is 4.45. The number of nitrogens with zero attached hydrogens (tertiary/aromatic N) is 1. The lowest BCUT2D eigenvalue weighted by atomic mass is 10.0. The Bertz CT molecular complexity index is 1130. The Kier molecular flexibility index (Phi) is 5.69. The van der Waals surface area contributed by atoms with Crippen LogP contribution < -0.4 is 5.32 Å². The van der Waals surface area contributed by atoms with E-state index in [1.807, 2.05) is 43.0 Å². The van der Waals surface area contributed by atoms with Crippen LogP contribution >= 0.6 is 15.9 Å². The maximum absolute atomic E-state index is 12.9. The summed E-state index contributed by atoms with van der Waals surface area (Å²) in [5.41, 5.74) is 3.64. The third-order valence-corrected chi connectivity index (χ3v) is 6.38. The van der Waals surface area contributed by atoms with Crippen molar-refractivity contribution in [1.82, 2.24) is 4.90 Å². The van der Waals surface area contributed by atoms with Crippen LogP contribution in [0.1, 0.15) is 58.2 Å². The van der Waals surface area contributed by atoms with Crippen molar-refractivity contribution >= 4 is 44.4 Å². The summed E-state index contributed by atoms with van der Waals surface area (Å²) in [5.74, 6) is 0.0540. The molecule has 1 atom stereocenters. The smallest absolute Gasteiger partial charge is 0.291 e. The number of halogens is 1. The molecule has 5 nitrogen and oxygen atoms in total. The molecule has 1 unspecified atom stereocenters. The van der Waals surface area contributed by atoms with Crippen molar-refractivity contribution in [3.63, 3.8) is 0 Å². The minimum atomic E-state index is -0.299. The van der Waals surface area contributed by atoms with Crippen molar-refractivity contribution in [2.75, 3.05) is 11.9 Å². The molecule has 1 aliphatic heterocycles. The minimum Gasteiger partial charge on any atom is -0.451 e. The first-order chi connectivity index (χ1) is 14.3. The van der Waals surface area contributed by atoms with E-state index in [0.29, 0.717) is 22.6 Å². The molecule has 0 aliphatic carbocycles. The number of piperidine rings is 1. The predicted octanol–water partition coefficient (Wildman–Crippen LogP) is 6.08. The van der Waals surface area contributed by atoms with Gasteiger partial charge in [0.05, 0.1) is 0 Å². The Morgan fingerprint density at radius 3 is 2.67 bits per heavy atom. The summed E-state index contributed by atoms with van der Waals surface area (Å²) in [4.78, 5) is 27.7. The van der Waals surface area contributed by atoms with Gasteiger partial charge in [-0.3, -0.25) is 9.59 Å². The number of nitrogens with one attached hydrogen (secondary N) is 1. The largest absolute Gasteiger partial charge is 0.451 e. The van der Waals surface area contributed by atoms with Crippen LogP contribution in [-0.2, 0) is 0 Å². The number of anilines is 1. The normalized spacial score (nSPS) is 16.7. The van der Waals surface area contributed by atoms with Crippen LogP contribution in [0.25, 0.3) is 11.0 Å². The van der Waals surface area contributed by atoms with Gasteiger partial charge in [-0.2, -0.15) is 0 Å². The minimum absolute atomic E-state index is 0.0573. The van der Waals surface area contributed by atoms with Gasteiger partial charge < -0.3 is 14.6 Å².